The van der Waals surface area contributed by atoms with Gasteiger partial charge < -0.3 is 5.32 Å². The molecule has 1 rings (SSSR count). The Morgan fingerprint density at radius 1 is 1.00 bits per heavy atom. The van der Waals surface area contributed by atoms with E-state index in [0.29, 0.717) is 0 Å². The SMILES string of the molecule is CCNCCNN1C(C)(C)CCCC1(C)C. The minimum atomic E-state index is 0.272. The summed E-state index contributed by atoms with van der Waals surface area (Å²) in [6.07, 6.45) is 3.90. The van der Waals surface area contributed by atoms with Gasteiger partial charge in [-0.1, -0.05) is 6.92 Å². The molecular formula is C13H29N3. The van der Waals surface area contributed by atoms with Gasteiger partial charge in [0.2, 0.25) is 0 Å². The van der Waals surface area contributed by atoms with E-state index in [0.717, 1.165) is 19.6 Å². The Morgan fingerprint density at radius 3 is 2.06 bits per heavy atom. The molecule has 3 nitrogen and oxygen atoms in total. The van der Waals surface area contributed by atoms with Gasteiger partial charge in [0.15, 0.2) is 0 Å². The molecule has 0 aromatic carbocycles. The molecule has 0 bridgehead atoms. The van der Waals surface area contributed by atoms with Crippen molar-refractivity contribution < 1.29 is 0 Å². The van der Waals surface area contributed by atoms with E-state index in [2.05, 4.69) is 50.4 Å². The fraction of sp³-hybridized carbons (Fsp3) is 1.00. The number of rotatable bonds is 5. The fourth-order valence-corrected chi connectivity index (χ4v) is 2.86. The molecule has 0 amide bonds. The third-order valence-corrected chi connectivity index (χ3v) is 3.61. The highest BCUT2D eigenvalue weighted by molar-refractivity contribution is 4.94. The lowest BCUT2D eigenvalue weighted by Gasteiger charge is -2.52. The summed E-state index contributed by atoms with van der Waals surface area (Å²) in [5, 5.41) is 5.83. The highest BCUT2D eigenvalue weighted by Gasteiger charge is 2.40. The molecule has 0 aromatic rings. The molecule has 1 aliphatic rings. The first-order chi connectivity index (χ1) is 7.40. The normalized spacial score (nSPS) is 24.6. The maximum absolute atomic E-state index is 3.61. The fourth-order valence-electron chi connectivity index (χ4n) is 2.86. The topological polar surface area (TPSA) is 27.3 Å². The lowest BCUT2D eigenvalue weighted by atomic mass is 9.81. The second-order valence-electron chi connectivity index (χ2n) is 6.08. The van der Waals surface area contributed by atoms with Crippen molar-refractivity contribution in [1.29, 1.82) is 0 Å². The van der Waals surface area contributed by atoms with Gasteiger partial charge in [0.05, 0.1) is 0 Å². The highest BCUT2D eigenvalue weighted by atomic mass is 15.6. The summed E-state index contributed by atoms with van der Waals surface area (Å²) in [7, 11) is 0. The quantitative estimate of drug-likeness (QED) is 0.705. The summed E-state index contributed by atoms with van der Waals surface area (Å²) in [6, 6.07) is 0. The summed E-state index contributed by atoms with van der Waals surface area (Å²) in [6.45, 7) is 14.6. The number of nitrogens with one attached hydrogen (secondary N) is 2. The number of piperidine rings is 1. The average molecular weight is 227 g/mol. The van der Waals surface area contributed by atoms with Crippen LogP contribution in [0.3, 0.4) is 0 Å². The number of hydrogen-bond acceptors (Lipinski definition) is 3. The summed E-state index contributed by atoms with van der Waals surface area (Å²) in [4.78, 5) is 0. The van der Waals surface area contributed by atoms with Gasteiger partial charge >= 0.3 is 0 Å². The van der Waals surface area contributed by atoms with Crippen molar-refractivity contribution in [2.75, 3.05) is 19.6 Å². The van der Waals surface area contributed by atoms with Crippen molar-refractivity contribution in [2.45, 2.75) is 65.0 Å². The van der Waals surface area contributed by atoms with E-state index in [-0.39, 0.29) is 11.1 Å². The lowest BCUT2D eigenvalue weighted by Crippen LogP contribution is -2.64. The number of likely N-dealkylation sites (N-methyl/N-ethyl adjacent to an activating group) is 1. The van der Waals surface area contributed by atoms with Crippen LogP contribution >= 0.6 is 0 Å². The molecule has 0 spiro atoms. The molecule has 0 radical (unpaired) electrons. The number of hydrogen-bond donors (Lipinski definition) is 2. The first-order valence-corrected chi connectivity index (χ1v) is 6.65. The van der Waals surface area contributed by atoms with E-state index >= 15 is 0 Å². The van der Waals surface area contributed by atoms with Gasteiger partial charge in [-0.2, -0.15) is 0 Å². The third-order valence-electron chi connectivity index (χ3n) is 3.61. The molecule has 16 heavy (non-hydrogen) atoms. The Balaban J connectivity index is 2.50. The van der Waals surface area contributed by atoms with Gasteiger partial charge in [0, 0.05) is 24.2 Å². The standard InChI is InChI=1S/C13H29N3/c1-6-14-10-11-15-16-12(2,3)8-7-9-13(16,4)5/h14-15H,6-11H2,1-5H3. The molecule has 1 aliphatic heterocycles. The maximum Gasteiger partial charge on any atom is 0.0304 e. The molecule has 3 heteroatoms. The van der Waals surface area contributed by atoms with Crippen LogP contribution in [0.5, 0.6) is 0 Å². The molecule has 2 N–H and O–H groups in total. The van der Waals surface area contributed by atoms with Crippen LogP contribution in [0.2, 0.25) is 0 Å². The molecule has 0 unspecified atom stereocenters. The second-order valence-corrected chi connectivity index (χ2v) is 6.08. The molecule has 96 valence electrons. The van der Waals surface area contributed by atoms with E-state index in [1.807, 2.05) is 0 Å². The zero-order valence-corrected chi connectivity index (χ0v) is 11.7. The zero-order valence-electron chi connectivity index (χ0n) is 11.7. The smallest absolute Gasteiger partial charge is 0.0304 e. The average Bonchev–Trinajstić information content (AvgIpc) is 2.14. The molecule has 0 saturated carbocycles. The van der Waals surface area contributed by atoms with Crippen molar-refractivity contribution in [1.82, 2.24) is 15.8 Å². The van der Waals surface area contributed by atoms with Gasteiger partial charge in [0.25, 0.3) is 0 Å². The Bertz CT molecular complexity index is 195. The molecule has 0 aliphatic carbocycles. The van der Waals surface area contributed by atoms with Gasteiger partial charge in [0.1, 0.15) is 0 Å². The molecular weight excluding hydrogens is 198 g/mol. The van der Waals surface area contributed by atoms with Crippen molar-refractivity contribution in [3.63, 3.8) is 0 Å². The first-order valence-electron chi connectivity index (χ1n) is 6.65. The van der Waals surface area contributed by atoms with Crippen molar-refractivity contribution in [3.05, 3.63) is 0 Å². The van der Waals surface area contributed by atoms with Crippen LogP contribution < -0.4 is 10.7 Å². The van der Waals surface area contributed by atoms with Gasteiger partial charge in [-0.3, -0.25) is 5.43 Å². The molecule has 0 atom stereocenters. The largest absolute Gasteiger partial charge is 0.316 e. The van der Waals surface area contributed by atoms with Crippen LogP contribution in [0, 0.1) is 0 Å². The molecule has 1 heterocycles. The summed E-state index contributed by atoms with van der Waals surface area (Å²) in [5.41, 5.74) is 4.15. The number of hydrazine groups is 1. The van der Waals surface area contributed by atoms with Gasteiger partial charge in [-0.15, -0.1) is 0 Å². The van der Waals surface area contributed by atoms with Crippen LogP contribution in [-0.2, 0) is 0 Å². The van der Waals surface area contributed by atoms with Crippen LogP contribution in [0.4, 0.5) is 0 Å². The monoisotopic (exact) mass is 227 g/mol. The predicted octanol–water partition coefficient (Wildman–Crippen LogP) is 2.14. The Labute approximate surface area is 101 Å². The summed E-state index contributed by atoms with van der Waals surface area (Å²) in [5.74, 6) is 0. The van der Waals surface area contributed by atoms with Crippen LogP contribution in [0.1, 0.15) is 53.9 Å². The minimum Gasteiger partial charge on any atom is -0.316 e. The van der Waals surface area contributed by atoms with E-state index in [1.54, 1.807) is 0 Å². The Hall–Kier alpha value is -0.120. The zero-order chi connectivity index (χ0) is 12.2. The van der Waals surface area contributed by atoms with Crippen molar-refractivity contribution in [2.24, 2.45) is 0 Å². The first kappa shape index (κ1) is 13.9. The van der Waals surface area contributed by atoms with Crippen molar-refractivity contribution >= 4 is 0 Å². The van der Waals surface area contributed by atoms with Crippen molar-refractivity contribution in [3.8, 4) is 0 Å². The predicted molar refractivity (Wildman–Crippen MR) is 70.4 cm³/mol. The highest BCUT2D eigenvalue weighted by Crippen LogP contribution is 2.36. The Morgan fingerprint density at radius 2 is 1.56 bits per heavy atom. The van der Waals surface area contributed by atoms with Crippen LogP contribution in [0.15, 0.2) is 0 Å². The maximum atomic E-state index is 3.61. The molecule has 1 saturated heterocycles. The van der Waals surface area contributed by atoms with Gasteiger partial charge in [-0.05, 0) is 53.5 Å². The van der Waals surface area contributed by atoms with Gasteiger partial charge in [-0.25, -0.2) is 5.01 Å². The van der Waals surface area contributed by atoms with Crippen LogP contribution in [0.25, 0.3) is 0 Å². The van der Waals surface area contributed by atoms with Crippen LogP contribution in [-0.4, -0.2) is 35.7 Å². The molecule has 0 aromatic heterocycles. The van der Waals surface area contributed by atoms with E-state index in [4.69, 9.17) is 0 Å². The van der Waals surface area contributed by atoms with E-state index in [9.17, 15) is 0 Å². The van der Waals surface area contributed by atoms with E-state index < -0.39 is 0 Å². The van der Waals surface area contributed by atoms with E-state index in [1.165, 1.54) is 19.3 Å². The summed E-state index contributed by atoms with van der Waals surface area (Å²) >= 11 is 0. The molecule has 1 fully saturated rings. The Kier molecular flexibility index (Phi) is 4.77. The minimum absolute atomic E-state index is 0.272. The third kappa shape index (κ3) is 3.44. The number of nitrogens with zero attached hydrogens (tertiary/aromatic N) is 1. The lowest BCUT2D eigenvalue weighted by molar-refractivity contribution is -0.0694. The second kappa shape index (κ2) is 5.48. The summed E-state index contributed by atoms with van der Waals surface area (Å²) < 4.78 is 0.